The second kappa shape index (κ2) is 9.57. The molecule has 3 aromatic carbocycles. The van der Waals surface area contributed by atoms with Crippen LogP contribution in [0.15, 0.2) is 77.7 Å². The maximum atomic E-state index is 12.5. The van der Waals surface area contributed by atoms with Crippen LogP contribution in [0, 0.1) is 0 Å². The minimum Gasteiger partial charge on any atom is -0.495 e. The fourth-order valence-electron chi connectivity index (χ4n) is 3.25. The molecule has 0 saturated carbocycles. The number of hydrogen-bond donors (Lipinski definition) is 3. The van der Waals surface area contributed by atoms with Crippen LogP contribution in [0.4, 0.5) is 17.1 Å². The highest BCUT2D eigenvalue weighted by Gasteiger charge is 2.28. The lowest BCUT2D eigenvalue weighted by molar-refractivity contribution is -0.120. The summed E-state index contributed by atoms with van der Waals surface area (Å²) in [4.78, 5) is 38.2. The van der Waals surface area contributed by atoms with Gasteiger partial charge >= 0.3 is 0 Å². The molecule has 3 N–H and O–H groups in total. The van der Waals surface area contributed by atoms with Gasteiger partial charge in [-0.3, -0.25) is 14.4 Å². The van der Waals surface area contributed by atoms with Gasteiger partial charge in [0.1, 0.15) is 5.75 Å². The highest BCUT2D eigenvalue weighted by molar-refractivity contribution is 8.01. The number of benzene rings is 3. The quantitative estimate of drug-likeness (QED) is 0.521. The maximum Gasteiger partial charge on any atom is 0.255 e. The minimum absolute atomic E-state index is 0.0425. The van der Waals surface area contributed by atoms with Crippen LogP contribution < -0.4 is 20.7 Å². The first kappa shape index (κ1) is 21.5. The molecule has 0 bridgehead atoms. The fourth-order valence-corrected chi connectivity index (χ4v) is 4.37. The average Bonchev–Trinajstić information content (AvgIpc) is 2.80. The highest BCUT2D eigenvalue weighted by atomic mass is 32.2. The molecule has 1 aliphatic heterocycles. The number of ether oxygens (including phenoxy) is 1. The van der Waals surface area contributed by atoms with Crippen molar-refractivity contribution in [1.29, 1.82) is 0 Å². The molecular formula is C24H21N3O4S. The predicted molar refractivity (Wildman–Crippen MR) is 125 cm³/mol. The van der Waals surface area contributed by atoms with Crippen molar-refractivity contribution >= 4 is 46.5 Å². The Morgan fingerprint density at radius 3 is 2.47 bits per heavy atom. The van der Waals surface area contributed by atoms with E-state index in [2.05, 4.69) is 16.0 Å². The number of amides is 3. The Morgan fingerprint density at radius 2 is 1.69 bits per heavy atom. The Kier molecular flexibility index (Phi) is 6.42. The maximum absolute atomic E-state index is 12.5. The fraction of sp³-hybridized carbons (Fsp3) is 0.125. The number of hydrogen-bond acceptors (Lipinski definition) is 5. The molecule has 1 atom stereocenters. The minimum atomic E-state index is -0.504. The molecule has 3 aromatic rings. The van der Waals surface area contributed by atoms with Gasteiger partial charge in [0.15, 0.2) is 0 Å². The highest BCUT2D eigenvalue weighted by Crippen LogP contribution is 2.36. The number of thioether (sulfide) groups is 1. The van der Waals surface area contributed by atoms with E-state index in [0.29, 0.717) is 22.7 Å². The number of rotatable bonds is 6. The SMILES string of the molecule is COc1ccccc1NC(=O)c1ccc(NC(=O)C[C@@H]2Sc3ccccc3NC2=O)cc1. The van der Waals surface area contributed by atoms with Crippen LogP contribution >= 0.6 is 11.8 Å². The van der Waals surface area contributed by atoms with Crippen molar-refractivity contribution in [3.8, 4) is 5.75 Å². The second-order valence-corrected chi connectivity index (χ2v) is 8.32. The molecule has 1 aliphatic rings. The smallest absolute Gasteiger partial charge is 0.255 e. The van der Waals surface area contributed by atoms with Gasteiger partial charge in [-0.2, -0.15) is 0 Å². The Balaban J connectivity index is 1.35. The van der Waals surface area contributed by atoms with E-state index < -0.39 is 5.25 Å². The van der Waals surface area contributed by atoms with Gasteiger partial charge in [-0.1, -0.05) is 24.3 Å². The van der Waals surface area contributed by atoms with E-state index in [1.54, 1.807) is 42.5 Å². The zero-order chi connectivity index (χ0) is 22.5. The van der Waals surface area contributed by atoms with Crippen LogP contribution in [-0.2, 0) is 9.59 Å². The molecule has 0 fully saturated rings. The molecule has 162 valence electrons. The number of anilines is 3. The summed E-state index contributed by atoms with van der Waals surface area (Å²) < 4.78 is 5.24. The number of carbonyl (C=O) groups is 3. The third kappa shape index (κ3) is 4.92. The molecule has 32 heavy (non-hydrogen) atoms. The summed E-state index contributed by atoms with van der Waals surface area (Å²) in [5, 5.41) is 7.92. The van der Waals surface area contributed by atoms with Crippen LogP contribution in [0.5, 0.6) is 5.75 Å². The normalized spacial score (nSPS) is 14.7. The van der Waals surface area contributed by atoms with Crippen LogP contribution in [-0.4, -0.2) is 30.1 Å². The van der Waals surface area contributed by atoms with Crippen molar-refractivity contribution in [3.63, 3.8) is 0 Å². The van der Waals surface area contributed by atoms with Crippen LogP contribution in [0.25, 0.3) is 0 Å². The Morgan fingerprint density at radius 1 is 0.969 bits per heavy atom. The summed E-state index contributed by atoms with van der Waals surface area (Å²) in [6.07, 6.45) is 0.0425. The summed E-state index contributed by atoms with van der Waals surface area (Å²) in [6.45, 7) is 0. The summed E-state index contributed by atoms with van der Waals surface area (Å²) in [6, 6.07) is 21.2. The van der Waals surface area contributed by atoms with E-state index in [1.165, 1.54) is 18.9 Å². The molecule has 0 unspecified atom stereocenters. The lowest BCUT2D eigenvalue weighted by atomic mass is 10.1. The van der Waals surface area contributed by atoms with Gasteiger partial charge in [-0.15, -0.1) is 11.8 Å². The van der Waals surface area contributed by atoms with Crippen LogP contribution in [0.3, 0.4) is 0 Å². The molecule has 0 spiro atoms. The average molecular weight is 448 g/mol. The second-order valence-electron chi connectivity index (χ2n) is 7.08. The summed E-state index contributed by atoms with van der Waals surface area (Å²) in [5.41, 5.74) is 2.32. The van der Waals surface area contributed by atoms with Gasteiger partial charge in [0.2, 0.25) is 11.8 Å². The third-order valence-corrected chi connectivity index (χ3v) is 6.14. The largest absolute Gasteiger partial charge is 0.495 e. The number of methoxy groups -OCH3 is 1. The molecular weight excluding hydrogens is 426 g/mol. The van der Waals surface area contributed by atoms with Gasteiger partial charge in [0.25, 0.3) is 5.91 Å². The molecule has 0 saturated heterocycles. The molecule has 3 amide bonds. The van der Waals surface area contributed by atoms with Crippen molar-refractivity contribution < 1.29 is 19.1 Å². The first-order valence-electron chi connectivity index (χ1n) is 9.94. The molecule has 0 aliphatic carbocycles. The van der Waals surface area contributed by atoms with Crippen LogP contribution in [0.1, 0.15) is 16.8 Å². The van der Waals surface area contributed by atoms with Crippen LogP contribution in [0.2, 0.25) is 0 Å². The van der Waals surface area contributed by atoms with E-state index in [-0.39, 0.29) is 24.1 Å². The standard InChI is InChI=1S/C24H21N3O4S/c1-31-19-8-4-2-6-17(19)26-23(29)15-10-12-16(13-11-15)25-22(28)14-21-24(30)27-18-7-3-5-9-20(18)32-21/h2-13,21H,14H2,1H3,(H,25,28)(H,26,29)(H,27,30)/t21-/m0/s1. The van der Waals surface area contributed by atoms with Gasteiger partial charge in [-0.05, 0) is 48.5 Å². The molecule has 0 radical (unpaired) electrons. The molecule has 1 heterocycles. The first-order valence-corrected chi connectivity index (χ1v) is 10.8. The number of carbonyl (C=O) groups excluding carboxylic acids is 3. The van der Waals surface area contributed by atoms with Gasteiger partial charge in [0, 0.05) is 22.6 Å². The Bertz CT molecular complexity index is 1160. The van der Waals surface area contributed by atoms with E-state index >= 15 is 0 Å². The zero-order valence-electron chi connectivity index (χ0n) is 17.3. The third-order valence-electron chi connectivity index (χ3n) is 4.86. The lowest BCUT2D eigenvalue weighted by Gasteiger charge is -2.23. The van der Waals surface area contributed by atoms with E-state index in [9.17, 15) is 14.4 Å². The molecule has 8 heteroatoms. The van der Waals surface area contributed by atoms with Crippen molar-refractivity contribution in [2.24, 2.45) is 0 Å². The molecule has 4 rings (SSSR count). The topological polar surface area (TPSA) is 96.5 Å². The summed E-state index contributed by atoms with van der Waals surface area (Å²) in [7, 11) is 1.54. The molecule has 0 aromatic heterocycles. The van der Waals surface area contributed by atoms with Gasteiger partial charge < -0.3 is 20.7 Å². The number of nitrogens with one attached hydrogen (secondary N) is 3. The zero-order valence-corrected chi connectivity index (χ0v) is 18.1. The Hall–Kier alpha value is -3.78. The predicted octanol–water partition coefficient (Wildman–Crippen LogP) is 4.39. The van der Waals surface area contributed by atoms with E-state index in [4.69, 9.17) is 4.74 Å². The van der Waals surface area contributed by atoms with E-state index in [1.807, 2.05) is 30.3 Å². The van der Waals surface area contributed by atoms with Crippen molar-refractivity contribution in [3.05, 3.63) is 78.4 Å². The molecule has 7 nitrogen and oxygen atoms in total. The van der Waals surface area contributed by atoms with E-state index in [0.717, 1.165) is 10.6 Å². The van der Waals surface area contributed by atoms with Gasteiger partial charge in [-0.25, -0.2) is 0 Å². The monoisotopic (exact) mass is 447 g/mol. The van der Waals surface area contributed by atoms with Crippen molar-refractivity contribution in [2.45, 2.75) is 16.6 Å². The first-order chi connectivity index (χ1) is 15.5. The number of fused-ring (bicyclic) bond motifs is 1. The van der Waals surface area contributed by atoms with Gasteiger partial charge in [0.05, 0.1) is 23.7 Å². The lowest BCUT2D eigenvalue weighted by Crippen LogP contribution is -2.32. The van der Waals surface area contributed by atoms with Crippen molar-refractivity contribution in [2.75, 3.05) is 23.1 Å². The summed E-state index contributed by atoms with van der Waals surface area (Å²) >= 11 is 1.38. The van der Waals surface area contributed by atoms with Crippen molar-refractivity contribution in [1.82, 2.24) is 0 Å². The summed E-state index contributed by atoms with van der Waals surface area (Å²) in [5.74, 6) is -0.186. The number of para-hydroxylation sites is 3. The Labute approximate surface area is 189 Å².